The van der Waals surface area contributed by atoms with Gasteiger partial charge in [-0.2, -0.15) is 0 Å². The van der Waals surface area contributed by atoms with Crippen molar-refractivity contribution in [2.24, 2.45) is 29.6 Å². The average Bonchev–Trinajstić information content (AvgIpc) is 3.54. The van der Waals surface area contributed by atoms with Gasteiger partial charge >= 0.3 is 5.97 Å². The predicted molar refractivity (Wildman–Crippen MR) is 231 cm³/mol. The van der Waals surface area contributed by atoms with Crippen LogP contribution in [-0.4, -0.2) is 144 Å². The van der Waals surface area contributed by atoms with Crippen LogP contribution in [0.1, 0.15) is 100 Å². The highest BCUT2D eigenvalue weighted by atomic mass is 16.7. The van der Waals surface area contributed by atoms with E-state index in [2.05, 4.69) is 23.4 Å². The number of aliphatic hydroxyl groups is 2. The molecule has 0 amide bonds. The molecule has 348 valence electrons. The number of carbonyl (C=O) groups excluding carboxylic acids is 2. The molecular weight excluding hydrogens is 797 g/mol. The van der Waals surface area contributed by atoms with E-state index < -0.39 is 102 Å². The SMILES string of the molecule is C=C1CO[C@]2(C)[C@@H](CC)OC(=O)[C@H](C)[C@@H](O[C@H]3C[C@@](C)(OC)C(O)[C@H](C)O3)[C@H](C)[C@@H](O[C@@H]3O[C@H](C)C[C@H](N(C)C)[C@H]3O)[C@](C)(OCC#Cc3cccnc3)CC(C)C(=O)C(C)[C@H]12. The Morgan fingerprint density at radius 2 is 1.71 bits per heavy atom. The van der Waals surface area contributed by atoms with Crippen molar-refractivity contribution in [2.75, 3.05) is 34.4 Å². The zero-order chi connectivity index (χ0) is 45.9. The van der Waals surface area contributed by atoms with Crippen molar-refractivity contribution in [3.63, 3.8) is 0 Å². The normalized spacial score (nSPS) is 43.6. The Hall–Kier alpha value is -2.81. The summed E-state index contributed by atoms with van der Waals surface area (Å²) in [7, 11) is 5.34. The maximum atomic E-state index is 14.8. The van der Waals surface area contributed by atoms with Crippen LogP contribution in [0, 0.1) is 41.4 Å². The summed E-state index contributed by atoms with van der Waals surface area (Å²) in [5.74, 6) is 2.41. The number of esters is 1. The lowest BCUT2D eigenvalue weighted by molar-refractivity contribution is -0.320. The molecule has 4 saturated heterocycles. The molecule has 0 radical (unpaired) electrons. The Balaban J connectivity index is 1.68. The number of ketones is 1. The molecule has 4 aliphatic heterocycles. The lowest BCUT2D eigenvalue weighted by atomic mass is 9.69. The molecule has 14 nitrogen and oxygen atoms in total. The molecule has 18 atom stereocenters. The van der Waals surface area contributed by atoms with E-state index in [0.29, 0.717) is 18.4 Å². The standard InChI is InChI=1S/C48H74N2O12/c1-15-36-48(11)38(28(3)26-57-48)30(5)39(51)27(2)23-47(10,56-21-17-19-34-18-16-20-49-25-34)43(62-45-40(52)35(50(12)13)22-29(4)58-45)31(6)41(32(7)44(54)60-36)61-37-24-46(9,55-14)42(53)33(8)59-37/h16,18,20,25,27,29-33,35-38,40-43,45,52-53H,3,15,21-24,26H2,1-2,4-14H3/t27?,29-,30?,31+,32-,33+,35+,36-,37+,38+,40-,41+,42?,43-,45+,46-,47-,48-/m1/s1. The van der Waals surface area contributed by atoms with Gasteiger partial charge in [0.05, 0.1) is 48.1 Å². The Labute approximate surface area is 369 Å². The van der Waals surface area contributed by atoms with Gasteiger partial charge in [0.2, 0.25) is 0 Å². The molecule has 0 aromatic carbocycles. The number of aromatic nitrogens is 1. The molecular formula is C48H74N2O12. The van der Waals surface area contributed by atoms with Crippen LogP contribution in [0.5, 0.6) is 0 Å². The Bertz CT molecular complexity index is 1750. The number of hydrogen-bond donors (Lipinski definition) is 2. The van der Waals surface area contributed by atoms with E-state index in [9.17, 15) is 19.8 Å². The first-order chi connectivity index (χ1) is 29.1. The minimum Gasteiger partial charge on any atom is -0.459 e. The zero-order valence-electron chi connectivity index (χ0n) is 39.3. The summed E-state index contributed by atoms with van der Waals surface area (Å²) >= 11 is 0. The first kappa shape index (κ1) is 50.2. The van der Waals surface area contributed by atoms with E-state index in [1.54, 1.807) is 39.2 Å². The molecule has 4 fully saturated rings. The fourth-order valence-corrected chi connectivity index (χ4v) is 10.6. The molecule has 5 heterocycles. The average molecular weight is 871 g/mol. The van der Waals surface area contributed by atoms with Gasteiger partial charge in [-0.05, 0) is 92.6 Å². The first-order valence-corrected chi connectivity index (χ1v) is 22.4. The number of carbonyl (C=O) groups is 2. The van der Waals surface area contributed by atoms with Crippen LogP contribution < -0.4 is 0 Å². The summed E-state index contributed by atoms with van der Waals surface area (Å²) in [4.78, 5) is 35.7. The predicted octanol–water partition coefficient (Wildman–Crippen LogP) is 5.11. The van der Waals surface area contributed by atoms with E-state index in [-0.39, 0.29) is 44.0 Å². The van der Waals surface area contributed by atoms with E-state index in [0.717, 1.165) is 5.57 Å². The zero-order valence-corrected chi connectivity index (χ0v) is 39.3. The molecule has 1 aromatic heterocycles. The van der Waals surface area contributed by atoms with Gasteiger partial charge in [0, 0.05) is 61.2 Å². The Morgan fingerprint density at radius 1 is 1.00 bits per heavy atom. The van der Waals surface area contributed by atoms with Crippen molar-refractivity contribution in [3.05, 3.63) is 42.2 Å². The van der Waals surface area contributed by atoms with Gasteiger partial charge in [-0.3, -0.25) is 14.6 Å². The van der Waals surface area contributed by atoms with Gasteiger partial charge in [-0.1, -0.05) is 46.1 Å². The van der Waals surface area contributed by atoms with Crippen molar-refractivity contribution >= 4 is 11.8 Å². The van der Waals surface area contributed by atoms with E-state index >= 15 is 0 Å². The highest BCUT2D eigenvalue weighted by Crippen LogP contribution is 2.47. The van der Waals surface area contributed by atoms with Crippen LogP contribution in [0.2, 0.25) is 0 Å². The third-order valence-electron chi connectivity index (χ3n) is 14.2. The number of Topliss-reactive ketones (excluding diaryl/α,β-unsaturated/α-hetero) is 1. The van der Waals surface area contributed by atoms with Crippen molar-refractivity contribution in [3.8, 4) is 11.8 Å². The number of rotatable bonds is 9. The first-order valence-electron chi connectivity index (χ1n) is 22.4. The largest absolute Gasteiger partial charge is 0.459 e. The smallest absolute Gasteiger partial charge is 0.311 e. The Morgan fingerprint density at radius 3 is 2.34 bits per heavy atom. The number of cyclic esters (lactones) is 1. The van der Waals surface area contributed by atoms with Crippen molar-refractivity contribution in [2.45, 2.75) is 173 Å². The fraction of sp³-hybridized carbons (Fsp3) is 0.771. The van der Waals surface area contributed by atoms with Gasteiger partial charge < -0.3 is 53.0 Å². The summed E-state index contributed by atoms with van der Waals surface area (Å²) in [6, 6.07) is 3.36. The van der Waals surface area contributed by atoms with Gasteiger partial charge in [0.1, 0.15) is 36.3 Å². The van der Waals surface area contributed by atoms with Crippen LogP contribution in [0.25, 0.3) is 0 Å². The molecule has 0 spiro atoms. The summed E-state index contributed by atoms with van der Waals surface area (Å²) in [5, 5.41) is 23.0. The molecule has 0 saturated carbocycles. The Kier molecular flexibility index (Phi) is 16.7. The third kappa shape index (κ3) is 10.7. The number of ether oxygens (including phenoxy) is 8. The second-order valence-corrected chi connectivity index (χ2v) is 19.2. The molecule has 0 aliphatic carbocycles. The molecule has 14 heteroatoms. The number of nitrogens with zero attached hydrogens (tertiary/aromatic N) is 2. The summed E-state index contributed by atoms with van der Waals surface area (Å²) < 4.78 is 52.4. The number of pyridine rings is 1. The quantitative estimate of drug-likeness (QED) is 0.191. The summed E-state index contributed by atoms with van der Waals surface area (Å²) in [6.07, 6.45) is -3.10. The molecule has 1 aromatic rings. The summed E-state index contributed by atoms with van der Waals surface area (Å²) in [6.45, 7) is 23.2. The van der Waals surface area contributed by atoms with Crippen LogP contribution in [0.3, 0.4) is 0 Å². The monoisotopic (exact) mass is 871 g/mol. The molecule has 3 unspecified atom stereocenters. The van der Waals surface area contributed by atoms with Crippen molar-refractivity contribution in [1.82, 2.24) is 9.88 Å². The van der Waals surface area contributed by atoms with Gasteiger partial charge in [-0.25, -0.2) is 0 Å². The summed E-state index contributed by atoms with van der Waals surface area (Å²) in [5.41, 5.74) is -1.92. The second-order valence-electron chi connectivity index (χ2n) is 19.2. The topological polar surface area (TPSA) is 165 Å². The van der Waals surface area contributed by atoms with E-state index in [1.165, 1.54) is 7.11 Å². The number of likely N-dealkylation sites (N-methyl/N-ethyl adjacent to an activating group) is 1. The van der Waals surface area contributed by atoms with Gasteiger partial charge in [0.25, 0.3) is 0 Å². The lowest BCUT2D eigenvalue weighted by Crippen LogP contribution is -2.61. The second kappa shape index (κ2) is 20.6. The van der Waals surface area contributed by atoms with Crippen LogP contribution in [0.4, 0.5) is 0 Å². The molecule has 4 aliphatic rings. The molecule has 2 N–H and O–H groups in total. The maximum absolute atomic E-state index is 14.8. The molecule has 62 heavy (non-hydrogen) atoms. The van der Waals surface area contributed by atoms with Gasteiger partial charge in [-0.15, -0.1) is 0 Å². The number of methoxy groups -OCH3 is 1. The minimum atomic E-state index is -1.32. The lowest BCUT2D eigenvalue weighted by Gasteiger charge is -2.50. The van der Waals surface area contributed by atoms with E-state index in [4.69, 9.17) is 37.9 Å². The van der Waals surface area contributed by atoms with Crippen LogP contribution in [-0.2, 0) is 47.5 Å². The fourth-order valence-electron chi connectivity index (χ4n) is 10.6. The number of hydrogen-bond acceptors (Lipinski definition) is 14. The number of aliphatic hydroxyl groups excluding tert-OH is 2. The molecule has 5 rings (SSSR count). The van der Waals surface area contributed by atoms with Crippen molar-refractivity contribution in [1.29, 1.82) is 0 Å². The highest BCUT2D eigenvalue weighted by molar-refractivity contribution is 5.84. The number of fused-ring (bicyclic) bond motifs is 1. The third-order valence-corrected chi connectivity index (χ3v) is 14.2. The molecule has 0 bridgehead atoms. The van der Waals surface area contributed by atoms with Crippen molar-refractivity contribution < 1.29 is 57.7 Å². The van der Waals surface area contributed by atoms with Gasteiger partial charge in [0.15, 0.2) is 12.6 Å². The highest BCUT2D eigenvalue weighted by Gasteiger charge is 2.57. The minimum absolute atomic E-state index is 0.0350. The van der Waals surface area contributed by atoms with E-state index in [1.807, 2.05) is 73.5 Å². The maximum Gasteiger partial charge on any atom is 0.311 e. The van der Waals surface area contributed by atoms with Crippen LogP contribution in [0.15, 0.2) is 36.7 Å². The van der Waals surface area contributed by atoms with Crippen LogP contribution >= 0.6 is 0 Å².